The first-order chi connectivity index (χ1) is 9.55. The normalized spacial score (nSPS) is 22.6. The smallest absolute Gasteiger partial charge is 0.142 e. The van der Waals surface area contributed by atoms with Crippen LogP contribution in [0.4, 0.5) is 0 Å². The molecule has 0 aliphatic carbocycles. The fourth-order valence-electron chi connectivity index (χ4n) is 2.99. The Bertz CT molecular complexity index is 467. The Kier molecular flexibility index (Phi) is 4.77. The van der Waals surface area contributed by atoms with E-state index in [1.165, 1.54) is 19.4 Å². The molecule has 2 atom stereocenters. The van der Waals surface area contributed by atoms with E-state index in [1.54, 1.807) is 0 Å². The Balaban J connectivity index is 2.01. The number of nitrogens with zero attached hydrogens (tertiary/aromatic N) is 3. The quantitative estimate of drug-likeness (QED) is 0.880. The van der Waals surface area contributed by atoms with E-state index in [-0.39, 0.29) is 0 Å². The standard InChI is InChI=1S/C16H24N4/c1-19(11-15-9-6-10-20(15)2)13-16(18,12-17)14-7-4-3-5-8-14/h3-5,7-8,15H,6,9-11,13,18H2,1-2H3. The second-order valence-corrected chi connectivity index (χ2v) is 5.92. The van der Waals surface area contributed by atoms with Crippen molar-refractivity contribution in [3.8, 4) is 6.07 Å². The van der Waals surface area contributed by atoms with Gasteiger partial charge in [0.25, 0.3) is 0 Å². The Morgan fingerprint density at radius 3 is 2.70 bits per heavy atom. The van der Waals surface area contributed by atoms with Crippen molar-refractivity contribution in [3.63, 3.8) is 0 Å². The highest BCUT2D eigenvalue weighted by molar-refractivity contribution is 5.31. The van der Waals surface area contributed by atoms with Crippen LogP contribution < -0.4 is 5.73 Å². The molecule has 2 unspecified atom stereocenters. The summed E-state index contributed by atoms with van der Waals surface area (Å²) in [5.74, 6) is 0. The van der Waals surface area contributed by atoms with Crippen molar-refractivity contribution in [2.45, 2.75) is 24.4 Å². The highest BCUT2D eigenvalue weighted by Gasteiger charge is 2.30. The van der Waals surface area contributed by atoms with Gasteiger partial charge in [-0.15, -0.1) is 0 Å². The molecule has 1 aliphatic rings. The van der Waals surface area contributed by atoms with Crippen LogP contribution in [0.1, 0.15) is 18.4 Å². The summed E-state index contributed by atoms with van der Waals surface area (Å²) >= 11 is 0. The van der Waals surface area contributed by atoms with E-state index in [4.69, 9.17) is 5.73 Å². The maximum Gasteiger partial charge on any atom is 0.142 e. The van der Waals surface area contributed by atoms with Gasteiger partial charge in [-0.05, 0) is 39.0 Å². The van der Waals surface area contributed by atoms with Gasteiger partial charge in [0.15, 0.2) is 0 Å². The maximum atomic E-state index is 9.49. The molecule has 0 amide bonds. The number of benzene rings is 1. The van der Waals surface area contributed by atoms with E-state index in [2.05, 4.69) is 22.9 Å². The first-order valence-corrected chi connectivity index (χ1v) is 7.19. The monoisotopic (exact) mass is 272 g/mol. The van der Waals surface area contributed by atoms with Crippen LogP contribution in [0.5, 0.6) is 0 Å². The van der Waals surface area contributed by atoms with E-state index in [9.17, 15) is 5.26 Å². The van der Waals surface area contributed by atoms with Crippen molar-refractivity contribution in [2.24, 2.45) is 5.73 Å². The topological polar surface area (TPSA) is 56.3 Å². The van der Waals surface area contributed by atoms with Crippen molar-refractivity contribution >= 4 is 0 Å². The van der Waals surface area contributed by atoms with Crippen LogP contribution in [0.3, 0.4) is 0 Å². The molecule has 0 radical (unpaired) electrons. The molecule has 1 saturated heterocycles. The highest BCUT2D eigenvalue weighted by atomic mass is 15.2. The molecule has 0 spiro atoms. The van der Waals surface area contributed by atoms with E-state index in [0.717, 1.165) is 12.1 Å². The van der Waals surface area contributed by atoms with Crippen LogP contribution in [0.15, 0.2) is 30.3 Å². The summed E-state index contributed by atoms with van der Waals surface area (Å²) in [5, 5.41) is 9.49. The molecule has 2 N–H and O–H groups in total. The van der Waals surface area contributed by atoms with Crippen molar-refractivity contribution < 1.29 is 0 Å². The minimum Gasteiger partial charge on any atom is -0.309 e. The Hall–Kier alpha value is -1.41. The van der Waals surface area contributed by atoms with Crippen molar-refractivity contribution in [1.29, 1.82) is 5.26 Å². The molecule has 2 rings (SSSR count). The predicted octanol–water partition coefficient (Wildman–Crippen LogP) is 1.39. The second kappa shape index (κ2) is 6.36. The largest absolute Gasteiger partial charge is 0.309 e. The zero-order valence-corrected chi connectivity index (χ0v) is 12.4. The van der Waals surface area contributed by atoms with E-state index in [0.29, 0.717) is 12.6 Å². The number of likely N-dealkylation sites (N-methyl/N-ethyl adjacent to an activating group) is 2. The maximum absolute atomic E-state index is 9.49. The SMILES string of the molecule is CN(CC1CCCN1C)CC(N)(C#N)c1ccccc1. The van der Waals surface area contributed by atoms with Crippen molar-refractivity contribution in [2.75, 3.05) is 33.7 Å². The second-order valence-electron chi connectivity index (χ2n) is 5.92. The molecule has 0 bridgehead atoms. The first-order valence-electron chi connectivity index (χ1n) is 7.19. The van der Waals surface area contributed by atoms with Gasteiger partial charge in [-0.3, -0.25) is 0 Å². The summed E-state index contributed by atoms with van der Waals surface area (Å²) in [6, 6.07) is 12.5. The molecule has 1 fully saturated rings. The van der Waals surface area contributed by atoms with E-state index in [1.807, 2.05) is 37.4 Å². The molecule has 1 aliphatic heterocycles. The van der Waals surface area contributed by atoms with Crippen LogP contribution in [0.25, 0.3) is 0 Å². The molecular weight excluding hydrogens is 248 g/mol. The number of nitriles is 1. The third-order valence-corrected chi connectivity index (χ3v) is 4.20. The minimum absolute atomic E-state index is 0.553. The van der Waals surface area contributed by atoms with Gasteiger partial charge < -0.3 is 15.5 Å². The summed E-state index contributed by atoms with van der Waals surface area (Å²) in [6.07, 6.45) is 2.50. The van der Waals surface area contributed by atoms with Gasteiger partial charge in [0.1, 0.15) is 5.54 Å². The zero-order valence-electron chi connectivity index (χ0n) is 12.4. The predicted molar refractivity (Wildman–Crippen MR) is 81.1 cm³/mol. The minimum atomic E-state index is -0.937. The highest BCUT2D eigenvalue weighted by Crippen LogP contribution is 2.20. The van der Waals surface area contributed by atoms with Crippen molar-refractivity contribution in [1.82, 2.24) is 9.80 Å². The summed E-state index contributed by atoms with van der Waals surface area (Å²) < 4.78 is 0. The van der Waals surface area contributed by atoms with Crippen molar-refractivity contribution in [3.05, 3.63) is 35.9 Å². The number of nitrogens with two attached hydrogens (primary N) is 1. The number of hydrogen-bond donors (Lipinski definition) is 1. The van der Waals surface area contributed by atoms with Crippen LogP contribution in [-0.4, -0.2) is 49.6 Å². The Morgan fingerprint density at radius 1 is 1.45 bits per heavy atom. The molecule has 4 nitrogen and oxygen atoms in total. The number of rotatable bonds is 5. The van der Waals surface area contributed by atoms with Gasteiger partial charge >= 0.3 is 0 Å². The van der Waals surface area contributed by atoms with Crippen LogP contribution in [0, 0.1) is 11.3 Å². The molecule has 1 aromatic carbocycles. The molecule has 20 heavy (non-hydrogen) atoms. The molecule has 0 saturated carbocycles. The Morgan fingerprint density at radius 2 is 2.15 bits per heavy atom. The molecule has 1 aromatic rings. The van der Waals surface area contributed by atoms with Gasteiger partial charge in [-0.2, -0.15) is 5.26 Å². The fraction of sp³-hybridized carbons (Fsp3) is 0.562. The van der Waals surface area contributed by atoms with Crippen LogP contribution in [0.2, 0.25) is 0 Å². The first kappa shape index (κ1) is 15.0. The summed E-state index contributed by atoms with van der Waals surface area (Å²) in [5.41, 5.74) is 6.26. The third kappa shape index (κ3) is 3.37. The third-order valence-electron chi connectivity index (χ3n) is 4.20. The Labute approximate surface area is 121 Å². The summed E-state index contributed by atoms with van der Waals surface area (Å²) in [7, 11) is 4.22. The van der Waals surface area contributed by atoms with Gasteiger partial charge in [-0.25, -0.2) is 0 Å². The van der Waals surface area contributed by atoms with Crippen LogP contribution in [-0.2, 0) is 5.54 Å². The van der Waals surface area contributed by atoms with Gasteiger partial charge in [0.2, 0.25) is 0 Å². The lowest BCUT2D eigenvalue weighted by atomic mass is 9.92. The lowest BCUT2D eigenvalue weighted by Crippen LogP contribution is -2.48. The molecule has 1 heterocycles. The zero-order chi connectivity index (χ0) is 14.6. The number of likely N-dealkylation sites (tertiary alicyclic amines) is 1. The lowest BCUT2D eigenvalue weighted by molar-refractivity contribution is 0.201. The van der Waals surface area contributed by atoms with Crippen LogP contribution >= 0.6 is 0 Å². The lowest BCUT2D eigenvalue weighted by Gasteiger charge is -2.31. The number of hydrogen-bond acceptors (Lipinski definition) is 4. The molecule has 0 aromatic heterocycles. The molecule has 108 valence electrons. The fourth-order valence-corrected chi connectivity index (χ4v) is 2.99. The summed E-state index contributed by atoms with van der Waals surface area (Å²) in [6.45, 7) is 2.69. The van der Waals surface area contributed by atoms with Gasteiger partial charge in [0.05, 0.1) is 6.07 Å². The van der Waals surface area contributed by atoms with E-state index < -0.39 is 5.54 Å². The van der Waals surface area contributed by atoms with Gasteiger partial charge in [0, 0.05) is 19.1 Å². The molecule has 4 heteroatoms. The van der Waals surface area contributed by atoms with Gasteiger partial charge in [-0.1, -0.05) is 30.3 Å². The average Bonchev–Trinajstić information content (AvgIpc) is 2.85. The average molecular weight is 272 g/mol. The summed E-state index contributed by atoms with van der Waals surface area (Å²) in [4.78, 5) is 4.58. The molecular formula is C16H24N4. The van der Waals surface area contributed by atoms with E-state index >= 15 is 0 Å².